The number of hydrogen-bond donors (Lipinski definition) is 4. The standard InChI is InChI=1S/C20H19BrN4O3/c1-12(26)23-18(10-13-11-22-17-9-5-3-6-14(13)17)20(28)25-24-19(27)15-7-2-4-8-16(15)21/h2-9,11,18,22H,10H2,1H3,(H,23,26)(H,24,27)(H,25,28)/t18-/m1/s1. The lowest BCUT2D eigenvalue weighted by atomic mass is 10.0. The van der Waals surface area contributed by atoms with Crippen LogP contribution >= 0.6 is 15.9 Å². The summed E-state index contributed by atoms with van der Waals surface area (Å²) in [7, 11) is 0. The minimum Gasteiger partial charge on any atom is -0.361 e. The zero-order valence-electron chi connectivity index (χ0n) is 15.1. The molecule has 0 aliphatic carbocycles. The predicted octanol–water partition coefficient (Wildman–Crippen LogP) is 2.44. The maximum absolute atomic E-state index is 12.6. The zero-order chi connectivity index (χ0) is 20.1. The molecular formula is C20H19BrN4O3. The van der Waals surface area contributed by atoms with Crippen LogP contribution in [-0.4, -0.2) is 28.7 Å². The topological polar surface area (TPSA) is 103 Å². The number of nitrogens with one attached hydrogen (secondary N) is 4. The number of para-hydroxylation sites is 1. The first-order valence-electron chi connectivity index (χ1n) is 8.62. The van der Waals surface area contributed by atoms with Crippen molar-refractivity contribution in [1.29, 1.82) is 0 Å². The summed E-state index contributed by atoms with van der Waals surface area (Å²) in [5, 5.41) is 3.61. The van der Waals surface area contributed by atoms with Gasteiger partial charge in [-0.2, -0.15) is 0 Å². The van der Waals surface area contributed by atoms with Gasteiger partial charge in [-0.1, -0.05) is 30.3 Å². The number of halogens is 1. The van der Waals surface area contributed by atoms with Crippen molar-refractivity contribution in [3.63, 3.8) is 0 Å². The van der Waals surface area contributed by atoms with Gasteiger partial charge >= 0.3 is 0 Å². The summed E-state index contributed by atoms with van der Waals surface area (Å²) in [4.78, 5) is 39.6. The van der Waals surface area contributed by atoms with E-state index in [-0.39, 0.29) is 12.3 Å². The first kappa shape index (κ1) is 19.6. The molecule has 0 radical (unpaired) electrons. The average Bonchev–Trinajstić information content (AvgIpc) is 3.08. The number of carbonyl (C=O) groups is 3. The number of H-pyrrole nitrogens is 1. The minimum absolute atomic E-state index is 0.278. The molecule has 0 unspecified atom stereocenters. The summed E-state index contributed by atoms with van der Waals surface area (Å²) in [6, 6.07) is 13.7. The fourth-order valence-electron chi connectivity index (χ4n) is 2.89. The zero-order valence-corrected chi connectivity index (χ0v) is 16.7. The third-order valence-electron chi connectivity index (χ3n) is 4.21. The maximum Gasteiger partial charge on any atom is 0.270 e. The second-order valence-electron chi connectivity index (χ2n) is 6.24. The van der Waals surface area contributed by atoms with Crippen molar-refractivity contribution >= 4 is 44.6 Å². The first-order chi connectivity index (χ1) is 13.5. The average molecular weight is 443 g/mol. The van der Waals surface area contributed by atoms with Crippen LogP contribution in [0.2, 0.25) is 0 Å². The van der Waals surface area contributed by atoms with E-state index in [1.165, 1.54) is 6.92 Å². The summed E-state index contributed by atoms with van der Waals surface area (Å²) < 4.78 is 0.610. The molecule has 1 atom stereocenters. The number of benzene rings is 2. The summed E-state index contributed by atoms with van der Waals surface area (Å²) in [5.74, 6) is -1.31. The second-order valence-corrected chi connectivity index (χ2v) is 7.09. The van der Waals surface area contributed by atoms with Crippen LogP contribution in [0.5, 0.6) is 0 Å². The van der Waals surface area contributed by atoms with E-state index < -0.39 is 17.9 Å². The number of hydrogen-bond acceptors (Lipinski definition) is 3. The van der Waals surface area contributed by atoms with Crippen molar-refractivity contribution in [3.05, 3.63) is 70.3 Å². The monoisotopic (exact) mass is 442 g/mol. The van der Waals surface area contributed by atoms with E-state index in [4.69, 9.17) is 0 Å². The molecule has 1 aromatic heterocycles. The van der Waals surface area contributed by atoms with Crippen molar-refractivity contribution in [2.24, 2.45) is 0 Å². The van der Waals surface area contributed by atoms with Crippen LogP contribution in [0.1, 0.15) is 22.8 Å². The van der Waals surface area contributed by atoms with Gasteiger partial charge in [0.15, 0.2) is 0 Å². The Hall–Kier alpha value is -3.13. The van der Waals surface area contributed by atoms with Gasteiger partial charge < -0.3 is 10.3 Å². The Bertz CT molecular complexity index is 1030. The predicted molar refractivity (Wildman–Crippen MR) is 109 cm³/mol. The van der Waals surface area contributed by atoms with Crippen LogP contribution in [0.25, 0.3) is 10.9 Å². The van der Waals surface area contributed by atoms with E-state index in [0.29, 0.717) is 10.0 Å². The number of rotatable bonds is 5. The van der Waals surface area contributed by atoms with Crippen molar-refractivity contribution in [2.75, 3.05) is 0 Å². The first-order valence-corrected chi connectivity index (χ1v) is 9.42. The van der Waals surface area contributed by atoms with Crippen LogP contribution in [0.15, 0.2) is 59.2 Å². The van der Waals surface area contributed by atoms with E-state index >= 15 is 0 Å². The molecule has 8 heteroatoms. The molecular weight excluding hydrogens is 424 g/mol. The smallest absolute Gasteiger partial charge is 0.270 e. The van der Waals surface area contributed by atoms with Crippen molar-refractivity contribution in [1.82, 2.24) is 21.2 Å². The molecule has 3 aromatic rings. The highest BCUT2D eigenvalue weighted by Gasteiger charge is 2.22. The second kappa shape index (κ2) is 8.71. The fourth-order valence-corrected chi connectivity index (χ4v) is 3.36. The van der Waals surface area contributed by atoms with Gasteiger partial charge in [0.05, 0.1) is 5.56 Å². The molecule has 0 aliphatic rings. The van der Waals surface area contributed by atoms with Crippen LogP contribution in [0, 0.1) is 0 Å². The van der Waals surface area contributed by atoms with Crippen LogP contribution in [0.3, 0.4) is 0 Å². The Morgan fingerprint density at radius 2 is 1.75 bits per heavy atom. The molecule has 144 valence electrons. The van der Waals surface area contributed by atoms with E-state index in [0.717, 1.165) is 16.5 Å². The molecule has 3 amide bonds. The molecule has 0 fully saturated rings. The van der Waals surface area contributed by atoms with E-state index in [1.807, 2.05) is 30.5 Å². The van der Waals surface area contributed by atoms with Crippen molar-refractivity contribution in [3.8, 4) is 0 Å². The molecule has 0 aliphatic heterocycles. The number of hydrazine groups is 1. The van der Waals surface area contributed by atoms with E-state index in [9.17, 15) is 14.4 Å². The summed E-state index contributed by atoms with van der Waals surface area (Å²) in [5.41, 5.74) is 6.99. The Kier molecular flexibility index (Phi) is 6.10. The highest BCUT2D eigenvalue weighted by molar-refractivity contribution is 9.10. The van der Waals surface area contributed by atoms with Gasteiger partial charge in [-0.3, -0.25) is 25.2 Å². The fraction of sp³-hybridized carbons (Fsp3) is 0.150. The SMILES string of the molecule is CC(=O)N[C@H](Cc1c[nH]c2ccccc12)C(=O)NNC(=O)c1ccccc1Br. The van der Waals surface area contributed by atoms with Gasteiger partial charge in [0, 0.05) is 34.9 Å². The Morgan fingerprint density at radius 1 is 1.04 bits per heavy atom. The number of aromatic amines is 1. The highest BCUT2D eigenvalue weighted by Crippen LogP contribution is 2.19. The Labute approximate surface area is 170 Å². The summed E-state index contributed by atoms with van der Waals surface area (Å²) in [6.07, 6.45) is 2.09. The number of fused-ring (bicyclic) bond motifs is 1. The van der Waals surface area contributed by atoms with E-state index in [2.05, 4.69) is 37.1 Å². The lowest BCUT2D eigenvalue weighted by Crippen LogP contribution is -2.52. The van der Waals surface area contributed by atoms with Gasteiger partial charge in [-0.05, 0) is 39.7 Å². The number of carbonyl (C=O) groups excluding carboxylic acids is 3. The van der Waals surface area contributed by atoms with Gasteiger partial charge in [-0.25, -0.2) is 0 Å². The van der Waals surface area contributed by atoms with Gasteiger partial charge in [0.2, 0.25) is 5.91 Å². The molecule has 0 saturated carbocycles. The third-order valence-corrected chi connectivity index (χ3v) is 4.90. The molecule has 7 nitrogen and oxygen atoms in total. The lowest BCUT2D eigenvalue weighted by Gasteiger charge is -2.18. The summed E-state index contributed by atoms with van der Waals surface area (Å²) >= 11 is 3.29. The molecule has 1 heterocycles. The largest absolute Gasteiger partial charge is 0.361 e. The Morgan fingerprint density at radius 3 is 2.50 bits per heavy atom. The molecule has 4 N–H and O–H groups in total. The van der Waals surface area contributed by atoms with Gasteiger partial charge in [0.1, 0.15) is 6.04 Å². The van der Waals surface area contributed by atoms with Crippen molar-refractivity contribution < 1.29 is 14.4 Å². The molecule has 28 heavy (non-hydrogen) atoms. The quantitative estimate of drug-likeness (QED) is 0.456. The van der Waals surface area contributed by atoms with E-state index in [1.54, 1.807) is 24.3 Å². The normalized spacial score (nSPS) is 11.6. The highest BCUT2D eigenvalue weighted by atomic mass is 79.9. The molecule has 0 saturated heterocycles. The van der Waals surface area contributed by atoms with Gasteiger partial charge in [-0.15, -0.1) is 0 Å². The van der Waals surface area contributed by atoms with Crippen LogP contribution < -0.4 is 16.2 Å². The molecule has 0 spiro atoms. The molecule has 2 aromatic carbocycles. The van der Waals surface area contributed by atoms with Gasteiger partial charge in [0.25, 0.3) is 11.8 Å². The number of amides is 3. The van der Waals surface area contributed by atoms with Crippen molar-refractivity contribution in [2.45, 2.75) is 19.4 Å². The van der Waals surface area contributed by atoms with Crippen LogP contribution in [-0.2, 0) is 16.0 Å². The minimum atomic E-state index is -0.837. The van der Waals surface area contributed by atoms with Crippen LogP contribution in [0.4, 0.5) is 0 Å². The molecule has 0 bridgehead atoms. The lowest BCUT2D eigenvalue weighted by molar-refractivity contribution is -0.128. The Balaban J connectivity index is 1.70. The summed E-state index contributed by atoms with van der Waals surface area (Å²) in [6.45, 7) is 1.34. The number of aromatic nitrogens is 1. The maximum atomic E-state index is 12.6. The third kappa shape index (κ3) is 4.58. The molecule has 3 rings (SSSR count).